The third kappa shape index (κ3) is 3.55. The number of carbonyl (C=O) groups is 2. The molecule has 24 heavy (non-hydrogen) atoms. The molecule has 7 heteroatoms. The molecule has 1 atom stereocenters. The summed E-state index contributed by atoms with van der Waals surface area (Å²) >= 11 is 0. The maximum absolute atomic E-state index is 12.4. The zero-order valence-electron chi connectivity index (χ0n) is 14.2. The number of carboxylic acids is 1. The van der Waals surface area contributed by atoms with Gasteiger partial charge in [0, 0.05) is 13.0 Å². The van der Waals surface area contributed by atoms with Crippen LogP contribution in [0.15, 0.2) is 12.1 Å². The first-order valence-corrected chi connectivity index (χ1v) is 7.83. The summed E-state index contributed by atoms with van der Waals surface area (Å²) in [4.78, 5) is 25.0. The lowest BCUT2D eigenvalue weighted by molar-refractivity contribution is -0.148. The molecular formula is C17H23NO6. The van der Waals surface area contributed by atoms with Gasteiger partial charge in [0.05, 0.1) is 21.3 Å². The van der Waals surface area contributed by atoms with Gasteiger partial charge in [-0.05, 0) is 30.9 Å². The van der Waals surface area contributed by atoms with Crippen molar-refractivity contribution in [2.75, 3.05) is 27.9 Å². The number of hydrogen-bond acceptors (Lipinski definition) is 5. The van der Waals surface area contributed by atoms with E-state index in [0.717, 1.165) is 12.0 Å². The van der Waals surface area contributed by atoms with Gasteiger partial charge in [0.25, 0.3) is 0 Å². The standard InChI is InChI=1S/C17H23NO6/c1-22-13-8-6-11(15(23-2)16(13)24-3)7-9-14(19)18-10-4-5-12(18)17(20)21/h6,8,12H,4-5,7,9-10H2,1-3H3,(H,20,21)/t12-/m1/s1. The summed E-state index contributed by atoms with van der Waals surface area (Å²) in [5.41, 5.74) is 0.814. The number of ether oxygens (including phenoxy) is 3. The van der Waals surface area contributed by atoms with Gasteiger partial charge >= 0.3 is 5.97 Å². The number of methoxy groups -OCH3 is 3. The summed E-state index contributed by atoms with van der Waals surface area (Å²) in [6.07, 6.45) is 1.89. The van der Waals surface area contributed by atoms with Gasteiger partial charge in [-0.1, -0.05) is 6.07 Å². The van der Waals surface area contributed by atoms with E-state index in [4.69, 9.17) is 14.2 Å². The highest BCUT2D eigenvalue weighted by Crippen LogP contribution is 2.40. The van der Waals surface area contributed by atoms with Crippen molar-refractivity contribution in [2.45, 2.75) is 31.7 Å². The zero-order chi connectivity index (χ0) is 17.7. The van der Waals surface area contributed by atoms with Crippen LogP contribution in [0.25, 0.3) is 0 Å². The van der Waals surface area contributed by atoms with Crippen LogP contribution in [0.2, 0.25) is 0 Å². The average Bonchev–Trinajstić information content (AvgIpc) is 3.08. The summed E-state index contributed by atoms with van der Waals surface area (Å²) < 4.78 is 16.0. The van der Waals surface area contributed by atoms with Crippen LogP contribution in [0, 0.1) is 0 Å². The molecule has 1 N–H and O–H groups in total. The second-order valence-corrected chi connectivity index (χ2v) is 5.58. The molecule has 1 heterocycles. The van der Waals surface area contributed by atoms with Gasteiger partial charge < -0.3 is 24.2 Å². The fraction of sp³-hybridized carbons (Fsp3) is 0.529. The third-order valence-electron chi connectivity index (χ3n) is 4.25. The maximum atomic E-state index is 12.4. The van der Waals surface area contributed by atoms with Crippen molar-refractivity contribution >= 4 is 11.9 Å². The molecular weight excluding hydrogens is 314 g/mol. The fourth-order valence-electron chi connectivity index (χ4n) is 3.07. The highest BCUT2D eigenvalue weighted by atomic mass is 16.5. The van der Waals surface area contributed by atoms with E-state index >= 15 is 0 Å². The second-order valence-electron chi connectivity index (χ2n) is 5.58. The highest BCUT2D eigenvalue weighted by Gasteiger charge is 2.33. The summed E-state index contributed by atoms with van der Waals surface area (Å²) in [6.45, 7) is 0.499. The molecule has 0 spiro atoms. The molecule has 1 amide bonds. The number of aryl methyl sites for hydroxylation is 1. The first-order valence-electron chi connectivity index (χ1n) is 7.83. The number of benzene rings is 1. The molecule has 0 radical (unpaired) electrons. The maximum Gasteiger partial charge on any atom is 0.326 e. The predicted octanol–water partition coefficient (Wildman–Crippen LogP) is 1.72. The molecule has 2 rings (SSSR count). The Morgan fingerprint density at radius 2 is 1.88 bits per heavy atom. The smallest absolute Gasteiger partial charge is 0.326 e. The van der Waals surface area contributed by atoms with Crippen molar-refractivity contribution in [3.05, 3.63) is 17.7 Å². The largest absolute Gasteiger partial charge is 0.493 e. The van der Waals surface area contributed by atoms with Crippen LogP contribution in [0.4, 0.5) is 0 Å². The van der Waals surface area contributed by atoms with E-state index < -0.39 is 12.0 Å². The number of amides is 1. The Kier molecular flexibility index (Phi) is 5.89. The van der Waals surface area contributed by atoms with Crippen LogP contribution >= 0.6 is 0 Å². The van der Waals surface area contributed by atoms with E-state index in [1.54, 1.807) is 13.2 Å². The van der Waals surface area contributed by atoms with Crippen molar-refractivity contribution in [3.63, 3.8) is 0 Å². The van der Waals surface area contributed by atoms with E-state index in [1.807, 2.05) is 6.07 Å². The fourth-order valence-corrected chi connectivity index (χ4v) is 3.07. The summed E-state index contributed by atoms with van der Waals surface area (Å²) in [5.74, 6) is 0.464. The molecule has 1 aromatic rings. The minimum Gasteiger partial charge on any atom is -0.493 e. The zero-order valence-corrected chi connectivity index (χ0v) is 14.2. The van der Waals surface area contributed by atoms with E-state index in [-0.39, 0.29) is 12.3 Å². The molecule has 1 fully saturated rings. The molecule has 132 valence electrons. The van der Waals surface area contributed by atoms with Gasteiger partial charge in [0.2, 0.25) is 11.7 Å². The molecule has 7 nitrogen and oxygen atoms in total. The van der Waals surface area contributed by atoms with E-state index in [1.165, 1.54) is 19.1 Å². The molecule has 1 aromatic carbocycles. The number of nitrogens with zero attached hydrogens (tertiary/aromatic N) is 1. The van der Waals surface area contributed by atoms with Gasteiger partial charge in [-0.25, -0.2) is 4.79 Å². The van der Waals surface area contributed by atoms with E-state index in [0.29, 0.717) is 36.6 Å². The summed E-state index contributed by atoms with van der Waals surface area (Å²) in [6, 6.07) is 2.88. The van der Waals surface area contributed by atoms with Crippen molar-refractivity contribution in [3.8, 4) is 17.2 Å². The van der Waals surface area contributed by atoms with Crippen LogP contribution < -0.4 is 14.2 Å². The third-order valence-corrected chi connectivity index (χ3v) is 4.25. The highest BCUT2D eigenvalue weighted by molar-refractivity contribution is 5.84. The molecule has 0 saturated carbocycles. The molecule has 0 aliphatic carbocycles. The Labute approximate surface area is 141 Å². The number of rotatable bonds is 7. The molecule has 0 aromatic heterocycles. The number of hydrogen-bond donors (Lipinski definition) is 1. The molecule has 0 unspecified atom stereocenters. The molecule has 0 bridgehead atoms. The Bertz CT molecular complexity index is 615. The second kappa shape index (κ2) is 7.90. The Hall–Kier alpha value is -2.44. The minimum atomic E-state index is -0.940. The summed E-state index contributed by atoms with van der Waals surface area (Å²) in [7, 11) is 4.60. The molecule has 1 aliphatic rings. The van der Waals surface area contributed by atoms with Crippen LogP contribution in [0.3, 0.4) is 0 Å². The first kappa shape index (κ1) is 17.9. The number of likely N-dealkylation sites (tertiary alicyclic amines) is 1. The van der Waals surface area contributed by atoms with Crippen molar-refractivity contribution in [2.24, 2.45) is 0 Å². The van der Waals surface area contributed by atoms with Gasteiger partial charge in [-0.15, -0.1) is 0 Å². The number of carboxylic acid groups (broad SMARTS) is 1. The Morgan fingerprint density at radius 1 is 1.17 bits per heavy atom. The number of carbonyl (C=O) groups excluding carboxylic acids is 1. The van der Waals surface area contributed by atoms with Crippen molar-refractivity contribution < 1.29 is 28.9 Å². The predicted molar refractivity (Wildman–Crippen MR) is 86.8 cm³/mol. The Balaban J connectivity index is 2.11. The quantitative estimate of drug-likeness (QED) is 0.815. The van der Waals surface area contributed by atoms with Crippen LogP contribution in [-0.2, 0) is 16.0 Å². The monoisotopic (exact) mass is 337 g/mol. The van der Waals surface area contributed by atoms with Crippen molar-refractivity contribution in [1.29, 1.82) is 0 Å². The van der Waals surface area contributed by atoms with Gasteiger partial charge in [0.15, 0.2) is 11.5 Å². The topological polar surface area (TPSA) is 85.3 Å². The first-order chi connectivity index (χ1) is 11.5. The van der Waals surface area contributed by atoms with Crippen LogP contribution in [0.1, 0.15) is 24.8 Å². The minimum absolute atomic E-state index is 0.156. The summed E-state index contributed by atoms with van der Waals surface area (Å²) in [5, 5.41) is 9.18. The molecule has 1 aliphatic heterocycles. The number of aliphatic carboxylic acids is 1. The lowest BCUT2D eigenvalue weighted by Gasteiger charge is -2.22. The van der Waals surface area contributed by atoms with Gasteiger partial charge in [-0.3, -0.25) is 4.79 Å². The van der Waals surface area contributed by atoms with E-state index in [2.05, 4.69) is 0 Å². The van der Waals surface area contributed by atoms with Crippen LogP contribution in [0.5, 0.6) is 17.2 Å². The van der Waals surface area contributed by atoms with Crippen molar-refractivity contribution in [1.82, 2.24) is 4.90 Å². The normalized spacial score (nSPS) is 16.8. The van der Waals surface area contributed by atoms with Gasteiger partial charge in [-0.2, -0.15) is 0 Å². The lowest BCUT2D eigenvalue weighted by atomic mass is 10.1. The average molecular weight is 337 g/mol. The Morgan fingerprint density at radius 3 is 2.46 bits per heavy atom. The SMILES string of the molecule is COc1ccc(CCC(=O)N2CCC[C@@H]2C(=O)O)c(OC)c1OC. The van der Waals surface area contributed by atoms with Gasteiger partial charge in [0.1, 0.15) is 6.04 Å². The molecule has 1 saturated heterocycles. The van der Waals surface area contributed by atoms with E-state index in [9.17, 15) is 14.7 Å². The lowest BCUT2D eigenvalue weighted by Crippen LogP contribution is -2.40. The van der Waals surface area contributed by atoms with Crippen LogP contribution in [-0.4, -0.2) is 55.8 Å².